The summed E-state index contributed by atoms with van der Waals surface area (Å²) in [5.41, 5.74) is -0.0948. The lowest BCUT2D eigenvalue weighted by Gasteiger charge is -2.10. The Kier molecular flexibility index (Phi) is 2.45. The van der Waals surface area contributed by atoms with Crippen LogP contribution in [0.1, 0.15) is 33.5 Å². The van der Waals surface area contributed by atoms with Gasteiger partial charge >= 0.3 is 5.82 Å². The van der Waals surface area contributed by atoms with Gasteiger partial charge in [0, 0.05) is 0 Å². The molecule has 1 N–H and O–H groups in total. The fourth-order valence-corrected chi connectivity index (χ4v) is 1.11. The summed E-state index contributed by atoms with van der Waals surface area (Å²) in [6, 6.07) is 0. The zero-order valence-electron chi connectivity index (χ0n) is 8.46. The second-order valence-electron chi connectivity index (χ2n) is 4.16. The van der Waals surface area contributed by atoms with E-state index in [1.54, 1.807) is 11.6 Å². The van der Waals surface area contributed by atoms with Crippen LogP contribution in [0.2, 0.25) is 0 Å². The Morgan fingerprint density at radius 3 is 2.62 bits per heavy atom. The van der Waals surface area contributed by atoms with E-state index in [0.717, 1.165) is 5.82 Å². The number of hydrogen-bond acceptors (Lipinski definition) is 3. The molecule has 72 valence electrons. The van der Waals surface area contributed by atoms with Gasteiger partial charge in [0.05, 0.1) is 5.41 Å². The van der Waals surface area contributed by atoms with E-state index in [0.29, 0.717) is 6.54 Å². The Balaban J connectivity index is 2.96. The maximum absolute atomic E-state index is 10.9. The molecule has 5 nitrogen and oxygen atoms in total. The highest BCUT2D eigenvalue weighted by atomic mass is 16.1. The van der Waals surface area contributed by atoms with Crippen LogP contribution in [-0.2, 0) is 16.8 Å². The monoisotopic (exact) mass is 183 g/mol. The van der Waals surface area contributed by atoms with E-state index in [2.05, 4.69) is 15.5 Å². The molecule has 0 saturated heterocycles. The third-order valence-electron chi connectivity index (χ3n) is 1.62. The van der Waals surface area contributed by atoms with E-state index in [-0.39, 0.29) is 11.2 Å². The van der Waals surface area contributed by atoms with Crippen molar-refractivity contribution < 1.29 is 9.48 Å². The van der Waals surface area contributed by atoms with Gasteiger partial charge in [-0.2, -0.15) is 4.68 Å². The topological polar surface area (TPSA) is 62.5 Å². The van der Waals surface area contributed by atoms with Crippen molar-refractivity contribution in [3.8, 4) is 0 Å². The molecule has 0 aliphatic carbocycles. The van der Waals surface area contributed by atoms with E-state index in [1.165, 1.54) is 0 Å². The van der Waals surface area contributed by atoms with Crippen molar-refractivity contribution in [2.45, 2.75) is 39.7 Å². The quantitative estimate of drug-likeness (QED) is 0.655. The highest BCUT2D eigenvalue weighted by Gasteiger charge is 2.29. The van der Waals surface area contributed by atoms with Crippen LogP contribution >= 0.6 is 0 Å². The number of nitrogens with one attached hydrogen (secondary N) is 1. The Bertz CT molecular complexity index is 310. The molecule has 13 heavy (non-hydrogen) atoms. The van der Waals surface area contributed by atoms with Crippen LogP contribution in [0.25, 0.3) is 0 Å². The third-order valence-corrected chi connectivity index (χ3v) is 1.62. The van der Waals surface area contributed by atoms with Gasteiger partial charge in [-0.3, -0.25) is 4.79 Å². The molecule has 0 bridgehead atoms. The molecule has 1 aromatic heterocycles. The average Bonchev–Trinajstić information content (AvgIpc) is 2.31. The smallest absolute Gasteiger partial charge is 0.296 e. The van der Waals surface area contributed by atoms with E-state index < -0.39 is 0 Å². The van der Waals surface area contributed by atoms with Crippen molar-refractivity contribution in [3.63, 3.8) is 0 Å². The first-order valence-corrected chi connectivity index (χ1v) is 4.22. The summed E-state index contributed by atoms with van der Waals surface area (Å²) in [5.74, 6) is 0.879. The molecule has 1 rings (SSSR count). The molecule has 0 aliphatic heterocycles. The maximum Gasteiger partial charge on any atom is 0.306 e. The number of aromatic amines is 1. The Labute approximate surface area is 77.1 Å². The normalized spacial score (nSPS) is 11.7. The number of hydrogen-bond donors (Lipinski definition) is 1. The molecule has 0 atom stereocenters. The Morgan fingerprint density at radius 2 is 2.15 bits per heavy atom. The largest absolute Gasteiger partial charge is 0.306 e. The van der Waals surface area contributed by atoms with Gasteiger partial charge in [0.15, 0.2) is 11.0 Å². The van der Waals surface area contributed by atoms with Gasteiger partial charge in [0.1, 0.15) is 11.6 Å². The fourth-order valence-electron chi connectivity index (χ4n) is 1.11. The number of Topliss-reactive ketones (excluding diaryl/α,β-unsaturated/α-hetero) is 1. The third kappa shape index (κ3) is 2.34. The summed E-state index contributed by atoms with van der Waals surface area (Å²) in [5, 5.41) is 10.3. The first-order valence-electron chi connectivity index (χ1n) is 4.22. The maximum atomic E-state index is 10.9. The van der Waals surface area contributed by atoms with Crippen LogP contribution in [0.15, 0.2) is 0 Å². The van der Waals surface area contributed by atoms with Gasteiger partial charge in [-0.05, 0) is 27.7 Å². The number of nitrogens with zero attached hydrogens (tertiary/aromatic N) is 3. The highest BCUT2D eigenvalue weighted by molar-refractivity contribution is 5.73. The SMILES string of the molecule is CC(=O)C[n+]1[nH]nnc1C(C)(C)C. The molecule has 0 saturated carbocycles. The average molecular weight is 183 g/mol. The van der Waals surface area contributed by atoms with Crippen molar-refractivity contribution in [1.82, 2.24) is 15.5 Å². The highest BCUT2D eigenvalue weighted by Crippen LogP contribution is 2.14. The number of carbonyl (C=O) groups excluding carboxylic acids is 1. The first kappa shape index (κ1) is 9.83. The predicted molar refractivity (Wildman–Crippen MR) is 46.0 cm³/mol. The minimum atomic E-state index is -0.0948. The van der Waals surface area contributed by atoms with Crippen molar-refractivity contribution in [2.24, 2.45) is 0 Å². The van der Waals surface area contributed by atoms with Crippen LogP contribution in [0.3, 0.4) is 0 Å². The molecule has 1 heterocycles. The minimum absolute atomic E-state index is 0.0848. The van der Waals surface area contributed by atoms with Gasteiger partial charge in [-0.1, -0.05) is 5.21 Å². The second kappa shape index (κ2) is 3.24. The molecule has 0 fully saturated rings. The number of carbonyl (C=O) groups is 1. The number of H-pyrrole nitrogens is 1. The van der Waals surface area contributed by atoms with Gasteiger partial charge in [-0.15, -0.1) is 0 Å². The van der Waals surface area contributed by atoms with Crippen molar-refractivity contribution >= 4 is 5.78 Å². The summed E-state index contributed by atoms with van der Waals surface area (Å²) in [6.07, 6.45) is 0. The lowest BCUT2D eigenvalue weighted by Crippen LogP contribution is -2.46. The molecular formula is C8H15N4O+. The summed E-state index contributed by atoms with van der Waals surface area (Å²) < 4.78 is 1.67. The van der Waals surface area contributed by atoms with Crippen LogP contribution in [0, 0.1) is 0 Å². The predicted octanol–water partition coefficient (Wildman–Crippen LogP) is -0.0213. The van der Waals surface area contributed by atoms with Crippen molar-refractivity contribution in [1.29, 1.82) is 0 Å². The lowest BCUT2D eigenvalue weighted by molar-refractivity contribution is -0.752. The molecule has 0 spiro atoms. The van der Waals surface area contributed by atoms with Crippen LogP contribution in [-0.4, -0.2) is 21.3 Å². The summed E-state index contributed by atoms with van der Waals surface area (Å²) >= 11 is 0. The number of aromatic nitrogens is 4. The molecule has 1 aromatic rings. The number of ketones is 1. The Morgan fingerprint density at radius 1 is 1.54 bits per heavy atom. The standard InChI is InChI=1S/C8H14N4O/c1-6(13)5-12-7(8(2,3)4)9-10-11-12/h5H2,1-4H3/p+1. The van der Waals surface area contributed by atoms with Crippen LogP contribution < -0.4 is 4.68 Å². The van der Waals surface area contributed by atoms with Crippen LogP contribution in [0.5, 0.6) is 0 Å². The van der Waals surface area contributed by atoms with E-state index in [1.807, 2.05) is 20.8 Å². The van der Waals surface area contributed by atoms with E-state index >= 15 is 0 Å². The summed E-state index contributed by atoms with van der Waals surface area (Å²) in [6.45, 7) is 7.93. The minimum Gasteiger partial charge on any atom is -0.296 e. The van der Waals surface area contributed by atoms with Gasteiger partial charge < -0.3 is 0 Å². The lowest BCUT2D eigenvalue weighted by atomic mass is 9.96. The first-order chi connectivity index (χ1) is 5.91. The molecular weight excluding hydrogens is 168 g/mol. The molecule has 0 aliphatic rings. The fraction of sp³-hybridized carbons (Fsp3) is 0.750. The Hall–Kier alpha value is -1.26. The van der Waals surface area contributed by atoms with E-state index in [4.69, 9.17) is 0 Å². The van der Waals surface area contributed by atoms with Gasteiger partial charge in [0.25, 0.3) is 0 Å². The zero-order chi connectivity index (χ0) is 10.1. The van der Waals surface area contributed by atoms with Crippen molar-refractivity contribution in [3.05, 3.63) is 5.82 Å². The second-order valence-corrected chi connectivity index (χ2v) is 4.16. The molecule has 5 heteroatoms. The molecule has 0 amide bonds. The molecule has 0 radical (unpaired) electrons. The number of tetrazole rings is 1. The van der Waals surface area contributed by atoms with E-state index in [9.17, 15) is 4.79 Å². The molecule has 0 aromatic carbocycles. The van der Waals surface area contributed by atoms with Gasteiger partial charge in [0.2, 0.25) is 0 Å². The zero-order valence-corrected chi connectivity index (χ0v) is 8.46. The number of rotatable bonds is 2. The van der Waals surface area contributed by atoms with Gasteiger partial charge in [-0.25, -0.2) is 0 Å². The summed E-state index contributed by atoms with van der Waals surface area (Å²) in [4.78, 5) is 10.9. The summed E-state index contributed by atoms with van der Waals surface area (Å²) in [7, 11) is 0. The molecule has 0 unspecified atom stereocenters. The van der Waals surface area contributed by atoms with Crippen molar-refractivity contribution in [2.75, 3.05) is 0 Å². The van der Waals surface area contributed by atoms with Crippen LogP contribution in [0.4, 0.5) is 0 Å².